The van der Waals surface area contributed by atoms with Gasteiger partial charge in [-0.2, -0.15) is 0 Å². The topological polar surface area (TPSA) is 107 Å². The first-order valence-electron chi connectivity index (χ1n) is 12.8. The van der Waals surface area contributed by atoms with Crippen LogP contribution >= 0.6 is 0 Å². The molecule has 0 radical (unpaired) electrons. The van der Waals surface area contributed by atoms with Gasteiger partial charge in [-0.1, -0.05) is 30.3 Å². The number of nitrogens with zero attached hydrogens (tertiary/aromatic N) is 4. The first-order valence-corrected chi connectivity index (χ1v) is 12.8. The number of hydrogen-bond donors (Lipinski definition) is 3. The zero-order chi connectivity index (χ0) is 27.4. The fourth-order valence-electron chi connectivity index (χ4n) is 5.38. The fraction of sp³-hybridized carbons (Fsp3) is 0.0645. The highest BCUT2D eigenvalue weighted by Gasteiger charge is 2.19. The van der Waals surface area contributed by atoms with Gasteiger partial charge in [0.2, 0.25) is 0 Å². The SMILES string of the molecule is Cn1cnc(CNc2cc(-n3c4ccccc4c4c(-c5nc6cc(F)ccc6[nH]5)cccc43)ccc2C(N)=O)c1. The predicted octanol–water partition coefficient (Wildman–Crippen LogP) is 5.91. The lowest BCUT2D eigenvalue weighted by Gasteiger charge is -2.14. The monoisotopic (exact) mass is 529 g/mol. The lowest BCUT2D eigenvalue weighted by atomic mass is 10.1. The average molecular weight is 530 g/mol. The van der Waals surface area contributed by atoms with Gasteiger partial charge in [0.15, 0.2) is 0 Å². The quantitative estimate of drug-likeness (QED) is 0.249. The molecule has 3 heterocycles. The van der Waals surface area contributed by atoms with Crippen LogP contribution in [0.5, 0.6) is 0 Å². The molecule has 0 unspecified atom stereocenters. The lowest BCUT2D eigenvalue weighted by Crippen LogP contribution is -2.15. The van der Waals surface area contributed by atoms with Crippen LogP contribution in [-0.2, 0) is 13.6 Å². The number of carbonyl (C=O) groups excluding carboxylic acids is 1. The Morgan fingerprint density at radius 2 is 1.88 bits per heavy atom. The van der Waals surface area contributed by atoms with Crippen molar-refractivity contribution in [1.82, 2.24) is 24.1 Å². The van der Waals surface area contributed by atoms with E-state index in [1.807, 2.05) is 54.2 Å². The number of nitrogens with two attached hydrogens (primary N) is 1. The summed E-state index contributed by atoms with van der Waals surface area (Å²) >= 11 is 0. The van der Waals surface area contributed by atoms with Crippen LogP contribution in [0.1, 0.15) is 16.1 Å². The van der Waals surface area contributed by atoms with E-state index in [-0.39, 0.29) is 5.82 Å². The summed E-state index contributed by atoms with van der Waals surface area (Å²) < 4.78 is 17.9. The molecular formula is C31H24FN7O. The number of rotatable bonds is 6. The number of benzene rings is 4. The molecule has 4 N–H and O–H groups in total. The average Bonchev–Trinajstić information content (AvgIpc) is 3.66. The summed E-state index contributed by atoms with van der Waals surface area (Å²) in [6.45, 7) is 0.439. The molecule has 0 fully saturated rings. The molecule has 0 saturated carbocycles. The predicted molar refractivity (Wildman–Crippen MR) is 155 cm³/mol. The third-order valence-electron chi connectivity index (χ3n) is 7.14. The molecule has 1 amide bonds. The number of amides is 1. The summed E-state index contributed by atoms with van der Waals surface area (Å²) in [5.74, 6) is -0.177. The second-order valence-electron chi connectivity index (χ2n) is 9.78. The maximum atomic E-state index is 13.9. The molecule has 40 heavy (non-hydrogen) atoms. The zero-order valence-electron chi connectivity index (χ0n) is 21.5. The van der Waals surface area contributed by atoms with Gasteiger partial charge in [-0.25, -0.2) is 14.4 Å². The van der Waals surface area contributed by atoms with Gasteiger partial charge in [-0.05, 0) is 42.5 Å². The van der Waals surface area contributed by atoms with Gasteiger partial charge in [0.25, 0.3) is 5.91 Å². The smallest absolute Gasteiger partial charge is 0.250 e. The van der Waals surface area contributed by atoms with Crippen molar-refractivity contribution in [1.29, 1.82) is 0 Å². The summed E-state index contributed by atoms with van der Waals surface area (Å²) in [7, 11) is 1.91. The first kappa shape index (κ1) is 23.7. The third kappa shape index (κ3) is 3.87. The minimum absolute atomic E-state index is 0.327. The number of para-hydroxylation sites is 1. The van der Waals surface area contributed by atoms with Gasteiger partial charge in [0.1, 0.15) is 11.6 Å². The second-order valence-corrected chi connectivity index (χ2v) is 9.78. The largest absolute Gasteiger partial charge is 0.379 e. The second kappa shape index (κ2) is 9.09. The van der Waals surface area contributed by atoms with E-state index in [0.717, 1.165) is 44.3 Å². The number of nitrogens with one attached hydrogen (secondary N) is 2. The molecule has 0 spiro atoms. The van der Waals surface area contributed by atoms with Crippen LogP contribution in [0.25, 0.3) is 49.9 Å². The Morgan fingerprint density at radius 1 is 1.02 bits per heavy atom. The van der Waals surface area contributed by atoms with Crippen molar-refractivity contribution in [3.8, 4) is 17.1 Å². The van der Waals surface area contributed by atoms with Gasteiger partial charge in [-0.15, -0.1) is 0 Å². The molecular weight excluding hydrogens is 505 g/mol. The van der Waals surface area contributed by atoms with E-state index in [9.17, 15) is 9.18 Å². The Bertz CT molecular complexity index is 2080. The van der Waals surface area contributed by atoms with Gasteiger partial charge in [0.05, 0.1) is 46.2 Å². The van der Waals surface area contributed by atoms with E-state index >= 15 is 0 Å². The molecule has 0 atom stereocenters. The Kier molecular flexibility index (Phi) is 5.38. The zero-order valence-corrected chi connectivity index (χ0v) is 21.5. The minimum atomic E-state index is -0.513. The number of hydrogen-bond acceptors (Lipinski definition) is 4. The molecule has 9 heteroatoms. The molecule has 0 bridgehead atoms. The number of halogens is 1. The first-order chi connectivity index (χ1) is 19.5. The molecule has 0 aliphatic heterocycles. The number of carbonyl (C=O) groups is 1. The molecule has 7 rings (SSSR count). The van der Waals surface area contributed by atoms with Crippen LogP contribution < -0.4 is 11.1 Å². The molecule has 0 saturated heterocycles. The molecule has 7 aromatic rings. The van der Waals surface area contributed by atoms with Gasteiger partial charge in [0, 0.05) is 47.0 Å². The van der Waals surface area contributed by atoms with Crippen LogP contribution in [0.2, 0.25) is 0 Å². The number of H-pyrrole nitrogens is 1. The van der Waals surface area contributed by atoms with E-state index in [1.54, 1.807) is 18.5 Å². The van der Waals surface area contributed by atoms with Crippen LogP contribution in [0, 0.1) is 5.82 Å². The van der Waals surface area contributed by atoms with Crippen molar-refractivity contribution < 1.29 is 9.18 Å². The van der Waals surface area contributed by atoms with Crippen molar-refractivity contribution in [2.24, 2.45) is 12.8 Å². The molecule has 0 aliphatic carbocycles. The number of anilines is 1. The highest BCUT2D eigenvalue weighted by atomic mass is 19.1. The van der Waals surface area contributed by atoms with Gasteiger partial charge >= 0.3 is 0 Å². The van der Waals surface area contributed by atoms with E-state index in [2.05, 4.69) is 38.1 Å². The maximum absolute atomic E-state index is 13.9. The lowest BCUT2D eigenvalue weighted by molar-refractivity contribution is 0.100. The number of aryl methyl sites for hydroxylation is 1. The maximum Gasteiger partial charge on any atom is 0.250 e. The van der Waals surface area contributed by atoms with E-state index < -0.39 is 5.91 Å². The Balaban J connectivity index is 1.42. The molecule has 196 valence electrons. The molecule has 8 nitrogen and oxygen atoms in total. The van der Waals surface area contributed by atoms with E-state index in [0.29, 0.717) is 29.1 Å². The van der Waals surface area contributed by atoms with Crippen molar-refractivity contribution in [2.75, 3.05) is 5.32 Å². The number of aromatic nitrogens is 5. The highest BCUT2D eigenvalue weighted by Crippen LogP contribution is 2.38. The molecule has 4 aromatic carbocycles. The van der Waals surface area contributed by atoms with E-state index in [1.165, 1.54) is 12.1 Å². The van der Waals surface area contributed by atoms with Crippen molar-refractivity contribution in [2.45, 2.75) is 6.54 Å². The molecule has 0 aliphatic rings. The van der Waals surface area contributed by atoms with Crippen molar-refractivity contribution in [3.63, 3.8) is 0 Å². The normalized spacial score (nSPS) is 11.6. The van der Waals surface area contributed by atoms with Crippen LogP contribution in [0.15, 0.2) is 91.4 Å². The van der Waals surface area contributed by atoms with Crippen LogP contribution in [-0.4, -0.2) is 30.0 Å². The van der Waals surface area contributed by atoms with Crippen molar-refractivity contribution in [3.05, 3.63) is 108 Å². The Labute approximate surface area is 227 Å². The Hall–Kier alpha value is -5.44. The third-order valence-corrected chi connectivity index (χ3v) is 7.14. The fourth-order valence-corrected chi connectivity index (χ4v) is 5.38. The van der Waals surface area contributed by atoms with Crippen LogP contribution in [0.3, 0.4) is 0 Å². The summed E-state index contributed by atoms with van der Waals surface area (Å²) in [6.07, 6.45) is 3.65. The van der Waals surface area contributed by atoms with Crippen LogP contribution in [0.4, 0.5) is 10.1 Å². The summed E-state index contributed by atoms with van der Waals surface area (Å²) in [5.41, 5.74) is 12.7. The van der Waals surface area contributed by atoms with Gasteiger partial charge in [-0.3, -0.25) is 4.79 Å². The summed E-state index contributed by atoms with van der Waals surface area (Å²) in [4.78, 5) is 24.7. The highest BCUT2D eigenvalue weighted by molar-refractivity contribution is 6.15. The Morgan fingerprint density at radius 3 is 2.70 bits per heavy atom. The number of primary amides is 1. The molecule has 3 aromatic heterocycles. The van der Waals surface area contributed by atoms with Crippen molar-refractivity contribution >= 4 is 44.4 Å². The number of aromatic amines is 1. The summed E-state index contributed by atoms with van der Waals surface area (Å²) in [6, 6.07) is 24.3. The number of imidazole rings is 2. The standard InChI is InChI=1S/C31H24FN7O/c1-38-16-19(35-17-38)15-34-25-14-20(10-11-21(25)30(33)40)39-27-7-3-2-5-22(27)29-23(6-4-8-28(29)39)31-36-24-12-9-18(32)13-26(24)37-31/h2-14,16-17,34H,15H2,1H3,(H2,33,40)(H,36,37). The minimum Gasteiger partial charge on any atom is -0.379 e. The van der Waals surface area contributed by atoms with Gasteiger partial charge < -0.3 is 25.2 Å². The van der Waals surface area contributed by atoms with E-state index in [4.69, 9.17) is 10.7 Å². The summed E-state index contributed by atoms with van der Waals surface area (Å²) in [5, 5.41) is 5.40. The number of fused-ring (bicyclic) bond motifs is 4.